The number of rotatable bonds is 7. The van der Waals surface area contributed by atoms with E-state index in [4.69, 9.17) is 0 Å². The van der Waals surface area contributed by atoms with Crippen molar-refractivity contribution in [1.29, 1.82) is 0 Å². The van der Waals surface area contributed by atoms with E-state index in [-0.39, 0.29) is 28.6 Å². The van der Waals surface area contributed by atoms with E-state index in [1.165, 1.54) is 12.1 Å². The minimum atomic E-state index is -3.71. The number of hydrogen-bond donors (Lipinski definition) is 1. The molecule has 1 aromatic rings. The van der Waals surface area contributed by atoms with Gasteiger partial charge in [-0.05, 0) is 68.3 Å². The van der Waals surface area contributed by atoms with Crippen LogP contribution in [0.3, 0.4) is 0 Å². The van der Waals surface area contributed by atoms with Crippen molar-refractivity contribution in [2.45, 2.75) is 38.5 Å². The summed E-state index contributed by atoms with van der Waals surface area (Å²) in [4.78, 5) is 17.1. The first-order valence-electron chi connectivity index (χ1n) is 11.5. The molecule has 0 radical (unpaired) electrons. The maximum atomic E-state index is 13.1. The zero-order chi connectivity index (χ0) is 23.5. The molecule has 1 aliphatic carbocycles. The molecule has 2 aliphatic rings. The van der Waals surface area contributed by atoms with Gasteiger partial charge in [0, 0.05) is 39.1 Å². The van der Waals surface area contributed by atoms with E-state index in [1.54, 1.807) is 0 Å². The predicted molar refractivity (Wildman–Crippen MR) is 124 cm³/mol. The number of piperazine rings is 1. The Balaban J connectivity index is 1.66. The van der Waals surface area contributed by atoms with Gasteiger partial charge in [0.2, 0.25) is 15.9 Å². The van der Waals surface area contributed by atoms with Crippen LogP contribution in [0.15, 0.2) is 40.8 Å². The van der Waals surface area contributed by atoms with Crippen LogP contribution in [0.4, 0.5) is 4.39 Å². The first-order valence-corrected chi connectivity index (χ1v) is 12.9. The van der Waals surface area contributed by atoms with Crippen LogP contribution in [0.1, 0.15) is 33.6 Å². The van der Waals surface area contributed by atoms with Gasteiger partial charge in [0.05, 0.1) is 4.90 Å². The van der Waals surface area contributed by atoms with Crippen molar-refractivity contribution in [3.8, 4) is 0 Å². The summed E-state index contributed by atoms with van der Waals surface area (Å²) in [5.41, 5.74) is 1.16. The molecule has 8 heteroatoms. The lowest BCUT2D eigenvalue weighted by Crippen LogP contribution is -2.47. The average molecular weight is 466 g/mol. The number of halogens is 1. The first kappa shape index (κ1) is 24.9. The molecule has 1 saturated heterocycles. The summed E-state index contributed by atoms with van der Waals surface area (Å²) in [5, 5.41) is 0. The zero-order valence-corrected chi connectivity index (χ0v) is 20.4. The number of hydrogen-bond acceptors (Lipinski definition) is 4. The number of nitrogens with one attached hydrogen (secondary N) is 1. The summed E-state index contributed by atoms with van der Waals surface area (Å²) in [6.45, 7) is 10.0. The van der Waals surface area contributed by atoms with Gasteiger partial charge in [-0.1, -0.05) is 25.5 Å². The number of allylic oxidation sites excluding steroid dienone is 1. The van der Waals surface area contributed by atoms with Crippen molar-refractivity contribution < 1.29 is 17.6 Å². The highest BCUT2D eigenvalue weighted by atomic mass is 32.2. The van der Waals surface area contributed by atoms with Gasteiger partial charge >= 0.3 is 0 Å². The SMILES string of the molecule is CC1=CC(CNS(=O)(=O)c2ccc(F)cc2)C(C(C)C)CC1CC(=O)N1CCN(C)CC1. The fourth-order valence-electron chi connectivity index (χ4n) is 4.81. The van der Waals surface area contributed by atoms with Crippen molar-refractivity contribution in [3.63, 3.8) is 0 Å². The van der Waals surface area contributed by atoms with Gasteiger partial charge in [-0.2, -0.15) is 0 Å². The molecule has 0 saturated carbocycles. The van der Waals surface area contributed by atoms with Gasteiger partial charge < -0.3 is 9.80 Å². The Kier molecular flexibility index (Phi) is 8.11. The van der Waals surface area contributed by atoms with Crippen LogP contribution in [0, 0.1) is 29.5 Å². The highest BCUT2D eigenvalue weighted by Gasteiger charge is 2.34. The van der Waals surface area contributed by atoms with E-state index in [9.17, 15) is 17.6 Å². The Morgan fingerprint density at radius 2 is 1.78 bits per heavy atom. The van der Waals surface area contributed by atoms with Crippen molar-refractivity contribution in [3.05, 3.63) is 41.7 Å². The summed E-state index contributed by atoms with van der Waals surface area (Å²) in [6, 6.07) is 4.86. The lowest BCUT2D eigenvalue weighted by Gasteiger charge is -2.38. The molecule has 3 rings (SSSR count). The Hall–Kier alpha value is -1.77. The summed E-state index contributed by atoms with van der Waals surface area (Å²) < 4.78 is 41.1. The average Bonchev–Trinajstić information content (AvgIpc) is 2.74. The lowest BCUT2D eigenvalue weighted by atomic mass is 9.70. The quantitative estimate of drug-likeness (QED) is 0.628. The van der Waals surface area contributed by atoms with E-state index < -0.39 is 15.8 Å². The molecule has 32 heavy (non-hydrogen) atoms. The van der Waals surface area contributed by atoms with Crippen molar-refractivity contribution in [1.82, 2.24) is 14.5 Å². The molecule has 0 aromatic heterocycles. The summed E-state index contributed by atoms with van der Waals surface area (Å²) in [6.07, 6.45) is 3.55. The molecular formula is C24H36FN3O3S. The molecular weight excluding hydrogens is 429 g/mol. The standard InChI is InChI=1S/C24H36FN3O3S/c1-17(2)23-14-19(15-24(29)28-11-9-27(4)10-12-28)18(3)13-20(23)16-26-32(30,31)22-7-5-21(25)6-8-22/h5-8,13,17,19-20,23,26H,9-12,14-16H2,1-4H3. The summed E-state index contributed by atoms with van der Waals surface area (Å²) in [7, 11) is -1.63. The van der Waals surface area contributed by atoms with Crippen molar-refractivity contribution in [2.24, 2.45) is 23.7 Å². The maximum absolute atomic E-state index is 13.1. The first-order chi connectivity index (χ1) is 15.1. The van der Waals surface area contributed by atoms with Crippen LogP contribution in [0.25, 0.3) is 0 Å². The molecule has 0 bridgehead atoms. The van der Waals surface area contributed by atoms with Crippen molar-refractivity contribution >= 4 is 15.9 Å². The van der Waals surface area contributed by atoms with Gasteiger partial charge in [0.15, 0.2) is 0 Å². The Labute approximate surface area is 191 Å². The van der Waals surface area contributed by atoms with E-state index in [2.05, 4.69) is 43.5 Å². The Bertz CT molecular complexity index is 922. The van der Waals surface area contributed by atoms with Gasteiger partial charge in [-0.3, -0.25) is 4.79 Å². The van der Waals surface area contributed by atoms with Crippen molar-refractivity contribution in [2.75, 3.05) is 39.8 Å². The molecule has 0 spiro atoms. The number of nitrogens with zero attached hydrogens (tertiary/aromatic N) is 2. The van der Waals surface area contributed by atoms with E-state index in [1.807, 2.05) is 4.90 Å². The molecule has 3 unspecified atom stereocenters. The minimum Gasteiger partial charge on any atom is -0.340 e. The third-order valence-electron chi connectivity index (χ3n) is 6.99. The number of carbonyl (C=O) groups is 1. The normalized spacial score (nSPS) is 25.1. The topological polar surface area (TPSA) is 69.7 Å². The fourth-order valence-corrected chi connectivity index (χ4v) is 5.88. The summed E-state index contributed by atoms with van der Waals surface area (Å²) in [5.74, 6) is 0.640. The maximum Gasteiger partial charge on any atom is 0.240 e. The van der Waals surface area contributed by atoms with E-state index in [0.717, 1.165) is 50.3 Å². The molecule has 1 aliphatic heterocycles. The third kappa shape index (κ3) is 6.17. The molecule has 1 heterocycles. The smallest absolute Gasteiger partial charge is 0.240 e. The molecule has 6 nitrogen and oxygen atoms in total. The number of amides is 1. The second kappa shape index (κ2) is 10.4. The van der Waals surface area contributed by atoms with Gasteiger partial charge in [-0.15, -0.1) is 0 Å². The number of likely N-dealkylation sites (N-methyl/N-ethyl adjacent to an activating group) is 1. The van der Waals surface area contributed by atoms with E-state index >= 15 is 0 Å². The highest BCUT2D eigenvalue weighted by molar-refractivity contribution is 7.89. The molecule has 1 amide bonds. The monoisotopic (exact) mass is 465 g/mol. The summed E-state index contributed by atoms with van der Waals surface area (Å²) >= 11 is 0. The van der Waals surface area contributed by atoms with Crippen LogP contribution in [0.2, 0.25) is 0 Å². The molecule has 3 atom stereocenters. The Morgan fingerprint density at radius 3 is 2.38 bits per heavy atom. The third-order valence-corrected chi connectivity index (χ3v) is 8.43. The predicted octanol–water partition coefficient (Wildman–Crippen LogP) is 3.12. The van der Waals surface area contributed by atoms with Gasteiger partial charge in [0.25, 0.3) is 0 Å². The molecule has 1 N–H and O–H groups in total. The minimum absolute atomic E-state index is 0.0558. The van der Waals surface area contributed by atoms with E-state index in [0.29, 0.717) is 18.9 Å². The molecule has 1 fully saturated rings. The van der Waals surface area contributed by atoms with Crippen LogP contribution in [-0.2, 0) is 14.8 Å². The van der Waals surface area contributed by atoms with Gasteiger partial charge in [0.1, 0.15) is 5.82 Å². The highest BCUT2D eigenvalue weighted by Crippen LogP contribution is 2.39. The van der Waals surface area contributed by atoms with Crippen LogP contribution >= 0.6 is 0 Å². The lowest BCUT2D eigenvalue weighted by molar-refractivity contribution is -0.133. The largest absolute Gasteiger partial charge is 0.340 e. The number of benzene rings is 1. The number of sulfonamides is 1. The Morgan fingerprint density at radius 1 is 1.16 bits per heavy atom. The second-order valence-electron chi connectivity index (χ2n) is 9.61. The van der Waals surface area contributed by atoms with Crippen LogP contribution in [-0.4, -0.2) is 63.9 Å². The molecule has 178 valence electrons. The zero-order valence-electron chi connectivity index (χ0n) is 19.6. The number of carbonyl (C=O) groups excluding carboxylic acids is 1. The second-order valence-corrected chi connectivity index (χ2v) is 11.4. The fraction of sp³-hybridized carbons (Fsp3) is 0.625. The van der Waals surface area contributed by atoms with Gasteiger partial charge in [-0.25, -0.2) is 17.5 Å². The van der Waals surface area contributed by atoms with Crippen LogP contribution in [0.5, 0.6) is 0 Å². The van der Waals surface area contributed by atoms with Crippen LogP contribution < -0.4 is 4.72 Å². The molecule has 1 aromatic carbocycles.